The summed E-state index contributed by atoms with van der Waals surface area (Å²) in [5.74, 6) is 1.25. The van der Waals surface area contributed by atoms with E-state index < -0.39 is 6.61 Å². The lowest BCUT2D eigenvalue weighted by Gasteiger charge is -2.14. The van der Waals surface area contributed by atoms with E-state index in [0.717, 1.165) is 29.9 Å². The topological polar surface area (TPSA) is 71.7 Å². The van der Waals surface area contributed by atoms with Gasteiger partial charge in [-0.2, -0.15) is 8.78 Å². The fourth-order valence-corrected chi connectivity index (χ4v) is 3.37. The molecular formula is C19H25Cl2F2IN4O2. The number of hydrogen-bond donors (Lipinski definition) is 2. The molecule has 0 fully saturated rings. The third-order valence-electron chi connectivity index (χ3n) is 4.12. The summed E-state index contributed by atoms with van der Waals surface area (Å²) in [6.45, 7) is 4.12. The number of aliphatic imine (C=N–C) groups is 1. The highest BCUT2D eigenvalue weighted by Gasteiger charge is 2.15. The number of nitrogens with zero attached hydrogens (tertiary/aromatic N) is 2. The summed E-state index contributed by atoms with van der Waals surface area (Å²) >= 11 is 12.0. The molecule has 1 aromatic carbocycles. The van der Waals surface area contributed by atoms with Crippen LogP contribution in [-0.4, -0.2) is 30.8 Å². The van der Waals surface area contributed by atoms with Gasteiger partial charge in [-0.15, -0.1) is 24.0 Å². The standard InChI is InChI=1S/C19H24Cl2F2N4O2.HI/c1-4-24-19(25-7-5-6-15-11(2)27-29-12(15)3)26-10-13-8-14(20)9-16(21)17(13)28-18(22)23;/h8-9,18H,4-7,10H2,1-3H3,(H2,24,25,26);1H. The van der Waals surface area contributed by atoms with E-state index in [1.807, 2.05) is 20.8 Å². The molecule has 0 atom stereocenters. The molecule has 0 aliphatic rings. The zero-order valence-electron chi connectivity index (χ0n) is 16.9. The monoisotopic (exact) mass is 576 g/mol. The minimum absolute atomic E-state index is 0. The maximum absolute atomic E-state index is 12.7. The molecule has 1 heterocycles. The molecule has 6 nitrogen and oxygen atoms in total. The predicted octanol–water partition coefficient (Wildman–Crippen LogP) is 5.51. The minimum Gasteiger partial charge on any atom is -0.433 e. The second-order valence-electron chi connectivity index (χ2n) is 6.28. The van der Waals surface area contributed by atoms with Crippen molar-refractivity contribution >= 4 is 53.1 Å². The highest BCUT2D eigenvalue weighted by molar-refractivity contribution is 14.0. The molecule has 0 radical (unpaired) electrons. The highest BCUT2D eigenvalue weighted by Crippen LogP contribution is 2.34. The summed E-state index contributed by atoms with van der Waals surface area (Å²) in [5.41, 5.74) is 2.37. The Balaban J connectivity index is 0.00000450. The molecule has 30 heavy (non-hydrogen) atoms. The van der Waals surface area contributed by atoms with Gasteiger partial charge in [0.05, 0.1) is 17.3 Å². The number of aromatic nitrogens is 1. The number of ether oxygens (including phenoxy) is 1. The highest BCUT2D eigenvalue weighted by atomic mass is 127. The molecule has 0 saturated carbocycles. The van der Waals surface area contributed by atoms with E-state index in [4.69, 9.17) is 27.7 Å². The zero-order chi connectivity index (χ0) is 21.4. The normalized spacial score (nSPS) is 11.4. The van der Waals surface area contributed by atoms with Crippen molar-refractivity contribution in [2.24, 2.45) is 4.99 Å². The SMILES string of the molecule is CCNC(=NCc1cc(Cl)cc(Cl)c1OC(F)F)NCCCc1c(C)noc1C.I. The largest absolute Gasteiger partial charge is 0.433 e. The second kappa shape index (κ2) is 13.2. The van der Waals surface area contributed by atoms with Gasteiger partial charge in [0.2, 0.25) is 0 Å². The molecule has 1 aromatic heterocycles. The third kappa shape index (κ3) is 8.07. The molecule has 0 bridgehead atoms. The first-order valence-corrected chi connectivity index (χ1v) is 9.94. The molecule has 0 saturated heterocycles. The lowest BCUT2D eigenvalue weighted by atomic mass is 10.1. The number of halogens is 5. The number of guanidine groups is 1. The number of alkyl halides is 2. The van der Waals surface area contributed by atoms with Crippen molar-refractivity contribution < 1.29 is 18.0 Å². The Hall–Kier alpha value is -1.33. The summed E-state index contributed by atoms with van der Waals surface area (Å²) in [6.07, 6.45) is 1.67. The molecule has 11 heteroatoms. The molecule has 0 aliphatic heterocycles. The van der Waals surface area contributed by atoms with Gasteiger partial charge in [-0.25, -0.2) is 4.99 Å². The Kier molecular flexibility index (Phi) is 11.7. The summed E-state index contributed by atoms with van der Waals surface area (Å²) in [6, 6.07) is 2.86. The Morgan fingerprint density at radius 2 is 2.00 bits per heavy atom. The van der Waals surface area contributed by atoms with Crippen molar-refractivity contribution in [1.29, 1.82) is 0 Å². The van der Waals surface area contributed by atoms with Crippen LogP contribution >= 0.6 is 47.2 Å². The Labute approximate surface area is 201 Å². The fourth-order valence-electron chi connectivity index (χ4n) is 2.79. The van der Waals surface area contributed by atoms with Gasteiger partial charge < -0.3 is 19.9 Å². The lowest BCUT2D eigenvalue weighted by molar-refractivity contribution is -0.0503. The number of hydrogen-bond acceptors (Lipinski definition) is 4. The number of rotatable bonds is 9. The van der Waals surface area contributed by atoms with Crippen LogP contribution in [0, 0.1) is 13.8 Å². The number of aryl methyl sites for hydroxylation is 2. The molecule has 2 N–H and O–H groups in total. The molecule has 2 aromatic rings. The summed E-state index contributed by atoms with van der Waals surface area (Å²) in [7, 11) is 0. The number of benzene rings is 1. The molecular weight excluding hydrogens is 552 g/mol. The van der Waals surface area contributed by atoms with Crippen LogP contribution in [0.1, 0.15) is 35.9 Å². The van der Waals surface area contributed by atoms with Crippen molar-refractivity contribution in [3.05, 3.63) is 44.8 Å². The zero-order valence-corrected chi connectivity index (χ0v) is 20.7. The van der Waals surface area contributed by atoms with Crippen LogP contribution in [-0.2, 0) is 13.0 Å². The van der Waals surface area contributed by atoms with E-state index >= 15 is 0 Å². The van der Waals surface area contributed by atoms with Crippen LogP contribution in [0.15, 0.2) is 21.6 Å². The van der Waals surface area contributed by atoms with Crippen LogP contribution < -0.4 is 15.4 Å². The fraction of sp³-hybridized carbons (Fsp3) is 0.474. The maximum Gasteiger partial charge on any atom is 0.387 e. The van der Waals surface area contributed by atoms with Gasteiger partial charge in [0.1, 0.15) is 11.5 Å². The average molecular weight is 577 g/mol. The Morgan fingerprint density at radius 1 is 1.27 bits per heavy atom. The van der Waals surface area contributed by atoms with E-state index in [9.17, 15) is 8.78 Å². The third-order valence-corrected chi connectivity index (χ3v) is 4.62. The second-order valence-corrected chi connectivity index (χ2v) is 7.13. The Morgan fingerprint density at radius 3 is 2.60 bits per heavy atom. The first-order valence-electron chi connectivity index (χ1n) is 9.18. The molecule has 2 rings (SSSR count). The quantitative estimate of drug-likeness (QED) is 0.178. The molecule has 0 unspecified atom stereocenters. The van der Waals surface area contributed by atoms with Crippen LogP contribution in [0.25, 0.3) is 0 Å². The number of nitrogens with one attached hydrogen (secondary N) is 2. The van der Waals surface area contributed by atoms with Gasteiger partial charge in [0.25, 0.3) is 0 Å². The molecule has 0 aliphatic carbocycles. The van der Waals surface area contributed by atoms with Crippen molar-refractivity contribution in [2.75, 3.05) is 13.1 Å². The Bertz CT molecular complexity index is 831. The maximum atomic E-state index is 12.7. The predicted molar refractivity (Wildman–Crippen MR) is 126 cm³/mol. The van der Waals surface area contributed by atoms with Gasteiger partial charge in [0.15, 0.2) is 5.96 Å². The first-order chi connectivity index (χ1) is 13.8. The van der Waals surface area contributed by atoms with Crippen LogP contribution in [0.3, 0.4) is 0 Å². The van der Waals surface area contributed by atoms with Crippen molar-refractivity contribution in [3.63, 3.8) is 0 Å². The van der Waals surface area contributed by atoms with Crippen LogP contribution in [0.4, 0.5) is 8.78 Å². The van der Waals surface area contributed by atoms with Gasteiger partial charge in [0, 0.05) is 29.2 Å². The summed E-state index contributed by atoms with van der Waals surface area (Å²) in [4.78, 5) is 4.42. The van der Waals surface area contributed by atoms with E-state index in [0.29, 0.717) is 29.6 Å². The minimum atomic E-state index is -2.99. The molecule has 0 spiro atoms. The van der Waals surface area contributed by atoms with Gasteiger partial charge in [-0.3, -0.25) is 0 Å². The molecule has 168 valence electrons. The van der Waals surface area contributed by atoms with E-state index in [1.165, 1.54) is 12.1 Å². The van der Waals surface area contributed by atoms with Crippen LogP contribution in [0.2, 0.25) is 10.0 Å². The van der Waals surface area contributed by atoms with Crippen molar-refractivity contribution in [1.82, 2.24) is 15.8 Å². The van der Waals surface area contributed by atoms with E-state index in [1.54, 1.807) is 0 Å². The summed E-state index contributed by atoms with van der Waals surface area (Å²) < 4.78 is 35.1. The smallest absolute Gasteiger partial charge is 0.387 e. The average Bonchev–Trinajstić information content (AvgIpc) is 2.97. The first kappa shape index (κ1) is 26.7. The lowest BCUT2D eigenvalue weighted by Crippen LogP contribution is -2.37. The van der Waals surface area contributed by atoms with Crippen molar-refractivity contribution in [3.8, 4) is 5.75 Å². The van der Waals surface area contributed by atoms with Gasteiger partial charge >= 0.3 is 6.61 Å². The van der Waals surface area contributed by atoms with Crippen molar-refractivity contribution in [2.45, 2.75) is 46.8 Å². The van der Waals surface area contributed by atoms with E-state index in [-0.39, 0.29) is 41.3 Å². The molecule has 0 amide bonds. The summed E-state index contributed by atoms with van der Waals surface area (Å²) in [5, 5.41) is 10.6. The van der Waals surface area contributed by atoms with Gasteiger partial charge in [-0.05, 0) is 45.7 Å². The van der Waals surface area contributed by atoms with Crippen LogP contribution in [0.5, 0.6) is 5.75 Å². The van der Waals surface area contributed by atoms with E-state index in [2.05, 4.69) is 25.5 Å². The van der Waals surface area contributed by atoms with Gasteiger partial charge in [-0.1, -0.05) is 28.4 Å².